The van der Waals surface area contributed by atoms with Crippen LogP contribution in [0.2, 0.25) is 0 Å². The van der Waals surface area contributed by atoms with E-state index in [0.29, 0.717) is 16.5 Å². The van der Waals surface area contributed by atoms with E-state index < -0.39 is 0 Å². The van der Waals surface area contributed by atoms with E-state index in [0.717, 1.165) is 5.75 Å². The zero-order valence-corrected chi connectivity index (χ0v) is 10.1. The summed E-state index contributed by atoms with van der Waals surface area (Å²) in [7, 11) is 0. The Morgan fingerprint density at radius 1 is 0.632 bits per heavy atom. The van der Waals surface area contributed by atoms with Gasteiger partial charge in [0, 0.05) is 10.8 Å². The summed E-state index contributed by atoms with van der Waals surface area (Å²) in [6.45, 7) is 0. The second kappa shape index (κ2) is 4.53. The number of rotatable bonds is 2. The summed E-state index contributed by atoms with van der Waals surface area (Å²) >= 11 is 0. The fourth-order valence-electron chi connectivity index (χ4n) is 1.98. The highest BCUT2D eigenvalue weighted by atomic mass is 16.5. The molecule has 3 heteroatoms. The first-order valence-corrected chi connectivity index (χ1v) is 5.91. The molecule has 0 spiro atoms. The molecule has 0 radical (unpaired) electrons. The predicted octanol–water partition coefficient (Wildman–Crippen LogP) is 4.04. The second-order valence-corrected chi connectivity index (χ2v) is 4.23. The van der Waals surface area contributed by atoms with Crippen LogP contribution < -0.4 is 4.74 Å². The summed E-state index contributed by atoms with van der Waals surface area (Å²) < 4.78 is 5.69. The van der Waals surface area contributed by atoms with Crippen LogP contribution in [0.15, 0.2) is 60.7 Å². The van der Waals surface area contributed by atoms with Gasteiger partial charge in [-0.15, -0.1) is 0 Å². The monoisotopic (exact) mass is 252 g/mol. The molecule has 0 aliphatic rings. The van der Waals surface area contributed by atoms with Gasteiger partial charge in [0.25, 0.3) is 0 Å². The van der Waals surface area contributed by atoms with Crippen molar-refractivity contribution in [3.8, 4) is 23.0 Å². The molecule has 3 aromatic rings. The molecule has 0 atom stereocenters. The molecule has 3 nitrogen and oxygen atoms in total. The standard InChI is InChI=1S/C16H12O3/c17-15-8-9-16(18)14-10-12(6-7-13(14)15)19-11-4-2-1-3-5-11/h1-10,17-18H. The molecule has 2 N–H and O–H groups in total. The zero-order chi connectivity index (χ0) is 13.2. The highest BCUT2D eigenvalue weighted by Crippen LogP contribution is 2.35. The number of phenols is 2. The molecule has 0 aliphatic carbocycles. The van der Waals surface area contributed by atoms with Crippen molar-refractivity contribution < 1.29 is 14.9 Å². The van der Waals surface area contributed by atoms with Crippen LogP contribution in [0.5, 0.6) is 23.0 Å². The maximum absolute atomic E-state index is 9.82. The highest BCUT2D eigenvalue weighted by molar-refractivity contribution is 5.93. The van der Waals surface area contributed by atoms with Gasteiger partial charge >= 0.3 is 0 Å². The Hall–Kier alpha value is -2.68. The quantitative estimate of drug-likeness (QED) is 0.676. The second-order valence-electron chi connectivity index (χ2n) is 4.23. The third-order valence-corrected chi connectivity index (χ3v) is 2.92. The molecule has 0 amide bonds. The minimum absolute atomic E-state index is 0.117. The highest BCUT2D eigenvalue weighted by Gasteiger charge is 2.06. The minimum Gasteiger partial charge on any atom is -0.507 e. The van der Waals surface area contributed by atoms with Crippen LogP contribution in [0.4, 0.5) is 0 Å². The fraction of sp³-hybridized carbons (Fsp3) is 0. The van der Waals surface area contributed by atoms with E-state index in [9.17, 15) is 10.2 Å². The average molecular weight is 252 g/mol. The van der Waals surface area contributed by atoms with Gasteiger partial charge in [0.2, 0.25) is 0 Å². The number of phenolic OH excluding ortho intramolecular Hbond substituents is 2. The Morgan fingerprint density at radius 3 is 2.05 bits per heavy atom. The van der Waals surface area contributed by atoms with E-state index >= 15 is 0 Å². The van der Waals surface area contributed by atoms with Crippen molar-refractivity contribution in [2.45, 2.75) is 0 Å². The molecule has 94 valence electrons. The number of hydrogen-bond donors (Lipinski definition) is 2. The van der Waals surface area contributed by atoms with Crippen molar-refractivity contribution in [1.29, 1.82) is 0 Å². The SMILES string of the molecule is Oc1ccc(O)c2cc(Oc3ccccc3)ccc12. The third-order valence-electron chi connectivity index (χ3n) is 2.92. The van der Waals surface area contributed by atoms with Crippen LogP contribution in [0, 0.1) is 0 Å². The van der Waals surface area contributed by atoms with E-state index in [1.807, 2.05) is 30.3 Å². The maximum atomic E-state index is 9.82. The molecule has 0 saturated carbocycles. The molecule has 0 saturated heterocycles. The molecular formula is C16H12O3. The van der Waals surface area contributed by atoms with Gasteiger partial charge in [-0.1, -0.05) is 18.2 Å². The van der Waals surface area contributed by atoms with Crippen LogP contribution in [0.3, 0.4) is 0 Å². The lowest BCUT2D eigenvalue weighted by molar-refractivity contribution is 0.467. The minimum atomic E-state index is 0.117. The lowest BCUT2D eigenvalue weighted by Gasteiger charge is -2.08. The van der Waals surface area contributed by atoms with Crippen molar-refractivity contribution in [1.82, 2.24) is 0 Å². The van der Waals surface area contributed by atoms with Crippen molar-refractivity contribution in [2.24, 2.45) is 0 Å². The third kappa shape index (κ3) is 2.18. The number of para-hydroxylation sites is 1. The molecule has 3 rings (SSSR count). The van der Waals surface area contributed by atoms with Crippen LogP contribution in [0.1, 0.15) is 0 Å². The first-order chi connectivity index (χ1) is 9.24. The summed E-state index contributed by atoms with van der Waals surface area (Å²) in [4.78, 5) is 0. The summed E-state index contributed by atoms with van der Waals surface area (Å²) in [5.74, 6) is 1.59. The number of benzene rings is 3. The molecule has 0 aliphatic heterocycles. The molecule has 19 heavy (non-hydrogen) atoms. The van der Waals surface area contributed by atoms with E-state index in [1.165, 1.54) is 12.1 Å². The zero-order valence-electron chi connectivity index (χ0n) is 10.1. The Kier molecular flexibility index (Phi) is 2.72. The van der Waals surface area contributed by atoms with Crippen molar-refractivity contribution in [3.05, 3.63) is 60.7 Å². The summed E-state index contributed by atoms with van der Waals surface area (Å²) in [6, 6.07) is 17.5. The first-order valence-electron chi connectivity index (χ1n) is 5.91. The topological polar surface area (TPSA) is 49.7 Å². The Labute approximate surface area is 110 Å². The van der Waals surface area contributed by atoms with E-state index in [2.05, 4.69) is 0 Å². The number of aromatic hydroxyl groups is 2. The van der Waals surface area contributed by atoms with Gasteiger partial charge in [-0.3, -0.25) is 0 Å². The molecule has 0 heterocycles. The lowest BCUT2D eigenvalue weighted by atomic mass is 10.1. The van der Waals surface area contributed by atoms with Crippen molar-refractivity contribution in [2.75, 3.05) is 0 Å². The van der Waals surface area contributed by atoms with Crippen LogP contribution in [0.25, 0.3) is 10.8 Å². The van der Waals surface area contributed by atoms with Crippen LogP contribution in [-0.4, -0.2) is 10.2 Å². The molecule has 3 aromatic carbocycles. The van der Waals surface area contributed by atoms with Crippen LogP contribution >= 0.6 is 0 Å². The summed E-state index contributed by atoms with van der Waals surface area (Å²) in [6.07, 6.45) is 0. The molecule has 0 unspecified atom stereocenters. The average Bonchev–Trinajstić information content (AvgIpc) is 2.44. The maximum Gasteiger partial charge on any atom is 0.128 e. The molecule has 0 aromatic heterocycles. The largest absolute Gasteiger partial charge is 0.507 e. The van der Waals surface area contributed by atoms with E-state index in [4.69, 9.17) is 4.74 Å². The lowest BCUT2D eigenvalue weighted by Crippen LogP contribution is -1.84. The van der Waals surface area contributed by atoms with Gasteiger partial charge in [0.1, 0.15) is 23.0 Å². The Balaban J connectivity index is 2.05. The Bertz CT molecular complexity index is 721. The van der Waals surface area contributed by atoms with E-state index in [-0.39, 0.29) is 11.5 Å². The Morgan fingerprint density at radius 2 is 1.32 bits per heavy atom. The van der Waals surface area contributed by atoms with E-state index in [1.54, 1.807) is 18.2 Å². The van der Waals surface area contributed by atoms with Gasteiger partial charge in [-0.25, -0.2) is 0 Å². The molecule has 0 bridgehead atoms. The predicted molar refractivity (Wildman–Crippen MR) is 73.8 cm³/mol. The van der Waals surface area contributed by atoms with Gasteiger partial charge in [-0.2, -0.15) is 0 Å². The number of fused-ring (bicyclic) bond motifs is 1. The van der Waals surface area contributed by atoms with Gasteiger partial charge < -0.3 is 14.9 Å². The molecular weight excluding hydrogens is 240 g/mol. The van der Waals surface area contributed by atoms with Crippen molar-refractivity contribution >= 4 is 10.8 Å². The van der Waals surface area contributed by atoms with Crippen molar-refractivity contribution in [3.63, 3.8) is 0 Å². The number of ether oxygens (including phenoxy) is 1. The molecule has 0 fully saturated rings. The normalized spacial score (nSPS) is 10.5. The number of hydrogen-bond acceptors (Lipinski definition) is 3. The van der Waals surface area contributed by atoms with Gasteiger partial charge in [0.05, 0.1) is 0 Å². The summed E-state index contributed by atoms with van der Waals surface area (Å²) in [5.41, 5.74) is 0. The summed E-state index contributed by atoms with van der Waals surface area (Å²) in [5, 5.41) is 20.7. The van der Waals surface area contributed by atoms with Crippen LogP contribution in [-0.2, 0) is 0 Å². The van der Waals surface area contributed by atoms with Gasteiger partial charge in [0.15, 0.2) is 0 Å². The first kappa shape index (κ1) is 11.4. The fourth-order valence-corrected chi connectivity index (χ4v) is 1.98. The smallest absolute Gasteiger partial charge is 0.128 e. The van der Waals surface area contributed by atoms with Gasteiger partial charge in [-0.05, 0) is 42.5 Å².